The Labute approximate surface area is 130 Å². The fraction of sp³-hybridized carbons (Fsp3) is 0.467. The number of hydrogen-bond acceptors (Lipinski definition) is 4. The van der Waals surface area contributed by atoms with Gasteiger partial charge in [0.05, 0.1) is 5.02 Å². The van der Waals surface area contributed by atoms with Gasteiger partial charge in [0.25, 0.3) is 0 Å². The second-order valence-corrected chi connectivity index (χ2v) is 5.39. The molecule has 1 heterocycles. The highest BCUT2D eigenvalue weighted by molar-refractivity contribution is 6.32. The van der Waals surface area contributed by atoms with E-state index in [-0.39, 0.29) is 6.04 Å². The number of hydrogen-bond donors (Lipinski definition) is 1. The van der Waals surface area contributed by atoms with Crippen molar-refractivity contribution in [3.63, 3.8) is 0 Å². The minimum atomic E-state index is 0.267. The van der Waals surface area contributed by atoms with Gasteiger partial charge >= 0.3 is 0 Å². The maximum absolute atomic E-state index is 6.29. The summed E-state index contributed by atoms with van der Waals surface area (Å²) in [6, 6.07) is 6.13. The van der Waals surface area contributed by atoms with Gasteiger partial charge in [-0.2, -0.15) is 0 Å². The molecule has 1 unspecified atom stereocenters. The molecule has 0 aliphatic carbocycles. The number of nitrogens with one attached hydrogen (secondary N) is 1. The van der Waals surface area contributed by atoms with Gasteiger partial charge in [-0.3, -0.25) is 0 Å². The number of nitrogens with zero attached hydrogens (tertiary/aromatic N) is 3. The molecule has 0 amide bonds. The average molecular weight is 309 g/mol. The summed E-state index contributed by atoms with van der Waals surface area (Å²) in [5, 5.41) is 12.0. The summed E-state index contributed by atoms with van der Waals surface area (Å²) in [4.78, 5) is 0. The maximum Gasteiger partial charge on any atom is 0.170 e. The van der Waals surface area contributed by atoms with E-state index in [0.29, 0.717) is 17.4 Å². The monoisotopic (exact) mass is 308 g/mol. The van der Waals surface area contributed by atoms with Crippen LogP contribution in [-0.2, 0) is 13.7 Å². The summed E-state index contributed by atoms with van der Waals surface area (Å²) in [5.41, 5.74) is 1.14. The molecule has 5 nitrogen and oxygen atoms in total. The van der Waals surface area contributed by atoms with Crippen LogP contribution in [0.1, 0.15) is 37.1 Å². The third kappa shape index (κ3) is 3.74. The number of aromatic nitrogens is 3. The van der Waals surface area contributed by atoms with Gasteiger partial charge < -0.3 is 14.6 Å². The molecular weight excluding hydrogens is 288 g/mol. The first-order valence-corrected chi connectivity index (χ1v) is 7.41. The molecule has 114 valence electrons. The Morgan fingerprint density at radius 3 is 2.71 bits per heavy atom. The van der Waals surface area contributed by atoms with E-state index in [9.17, 15) is 0 Å². The van der Waals surface area contributed by atoms with Crippen molar-refractivity contribution in [3.05, 3.63) is 40.4 Å². The summed E-state index contributed by atoms with van der Waals surface area (Å²) < 4.78 is 7.63. The van der Waals surface area contributed by atoms with Crippen LogP contribution in [-0.4, -0.2) is 21.3 Å². The molecule has 0 radical (unpaired) electrons. The van der Waals surface area contributed by atoms with Gasteiger partial charge in [0.15, 0.2) is 5.82 Å². The van der Waals surface area contributed by atoms with Gasteiger partial charge in [-0.25, -0.2) is 0 Å². The average Bonchev–Trinajstić information content (AvgIpc) is 2.78. The Morgan fingerprint density at radius 1 is 1.38 bits per heavy atom. The lowest BCUT2D eigenvalue weighted by molar-refractivity contribution is 0.291. The summed E-state index contributed by atoms with van der Waals surface area (Å²) >= 11 is 6.29. The van der Waals surface area contributed by atoms with Crippen molar-refractivity contribution in [2.45, 2.75) is 33.4 Å². The molecule has 2 rings (SSSR count). The molecular formula is C15H21ClN4O. The minimum absolute atomic E-state index is 0.267. The lowest BCUT2D eigenvalue weighted by Gasteiger charge is -2.14. The lowest BCUT2D eigenvalue weighted by Crippen LogP contribution is -2.17. The zero-order valence-electron chi connectivity index (χ0n) is 12.9. The van der Waals surface area contributed by atoms with E-state index in [4.69, 9.17) is 16.3 Å². The van der Waals surface area contributed by atoms with Gasteiger partial charge in [-0.15, -0.1) is 10.2 Å². The van der Waals surface area contributed by atoms with E-state index < -0.39 is 0 Å². The Kier molecular flexibility index (Phi) is 5.20. The van der Waals surface area contributed by atoms with Crippen molar-refractivity contribution in [1.29, 1.82) is 0 Å². The molecule has 1 atom stereocenters. The Balaban J connectivity index is 2.06. The van der Waals surface area contributed by atoms with E-state index in [1.54, 1.807) is 0 Å². The van der Waals surface area contributed by atoms with Gasteiger partial charge in [0.1, 0.15) is 18.2 Å². The second-order valence-electron chi connectivity index (χ2n) is 4.98. The number of ether oxygens (including phenoxy) is 1. The van der Waals surface area contributed by atoms with E-state index in [1.165, 1.54) is 0 Å². The van der Waals surface area contributed by atoms with E-state index in [1.807, 2.05) is 36.7 Å². The highest BCUT2D eigenvalue weighted by Crippen LogP contribution is 2.28. The Bertz CT molecular complexity index is 612. The van der Waals surface area contributed by atoms with E-state index in [0.717, 1.165) is 23.8 Å². The second kappa shape index (κ2) is 6.91. The number of aryl methyl sites for hydroxylation is 1. The minimum Gasteiger partial charge on any atom is -0.484 e. The molecule has 1 aromatic heterocycles. The van der Waals surface area contributed by atoms with Crippen molar-refractivity contribution in [3.8, 4) is 5.75 Å². The number of benzene rings is 1. The normalized spacial score (nSPS) is 12.4. The van der Waals surface area contributed by atoms with Gasteiger partial charge in [-0.05, 0) is 38.1 Å². The third-order valence-corrected chi connectivity index (χ3v) is 3.80. The lowest BCUT2D eigenvalue weighted by atomic mass is 10.1. The fourth-order valence-corrected chi connectivity index (χ4v) is 2.29. The SMILES string of the molecule is CCNC(C)c1ccc(OCc2nnc(C)n2C)c(Cl)c1. The first kappa shape index (κ1) is 15.8. The van der Waals surface area contributed by atoms with Gasteiger partial charge in [0.2, 0.25) is 0 Å². The first-order valence-electron chi connectivity index (χ1n) is 7.03. The summed E-state index contributed by atoms with van der Waals surface area (Å²) in [5.74, 6) is 2.29. The molecule has 21 heavy (non-hydrogen) atoms. The smallest absolute Gasteiger partial charge is 0.170 e. The largest absolute Gasteiger partial charge is 0.484 e. The molecule has 0 saturated heterocycles. The van der Waals surface area contributed by atoms with Crippen molar-refractivity contribution >= 4 is 11.6 Å². The van der Waals surface area contributed by atoms with Crippen molar-refractivity contribution in [1.82, 2.24) is 20.1 Å². The van der Waals surface area contributed by atoms with Gasteiger partial charge in [0, 0.05) is 13.1 Å². The molecule has 1 N–H and O–H groups in total. The molecule has 1 aromatic carbocycles. The quantitative estimate of drug-likeness (QED) is 0.891. The van der Waals surface area contributed by atoms with Crippen LogP contribution in [0, 0.1) is 6.92 Å². The molecule has 6 heteroatoms. The Morgan fingerprint density at radius 2 is 2.14 bits per heavy atom. The molecule has 2 aromatic rings. The Hall–Kier alpha value is -1.59. The highest BCUT2D eigenvalue weighted by atomic mass is 35.5. The molecule has 0 bridgehead atoms. The van der Waals surface area contributed by atoms with Crippen LogP contribution in [0.5, 0.6) is 5.75 Å². The molecule has 0 spiro atoms. The molecule has 0 saturated carbocycles. The number of rotatable bonds is 6. The summed E-state index contributed by atoms with van der Waals surface area (Å²) in [6.07, 6.45) is 0. The first-order chi connectivity index (χ1) is 10.0. The van der Waals surface area contributed by atoms with Gasteiger partial charge in [-0.1, -0.05) is 24.6 Å². The third-order valence-electron chi connectivity index (χ3n) is 3.51. The zero-order chi connectivity index (χ0) is 15.4. The standard InChI is InChI=1S/C15H21ClN4O/c1-5-17-10(2)12-6-7-14(13(16)8-12)21-9-15-19-18-11(3)20(15)4/h6-8,10,17H,5,9H2,1-4H3. The molecule has 0 aliphatic rings. The van der Waals surface area contributed by atoms with Crippen molar-refractivity contribution in [2.24, 2.45) is 7.05 Å². The van der Waals surface area contributed by atoms with Crippen LogP contribution in [0.15, 0.2) is 18.2 Å². The van der Waals surface area contributed by atoms with Crippen LogP contribution < -0.4 is 10.1 Å². The fourth-order valence-electron chi connectivity index (χ4n) is 2.05. The van der Waals surface area contributed by atoms with Crippen LogP contribution in [0.2, 0.25) is 5.02 Å². The number of halogens is 1. The van der Waals surface area contributed by atoms with Crippen LogP contribution in [0.25, 0.3) is 0 Å². The summed E-state index contributed by atoms with van der Waals surface area (Å²) in [6.45, 7) is 7.36. The van der Waals surface area contributed by atoms with Crippen LogP contribution in [0.4, 0.5) is 0 Å². The molecule has 0 aliphatic heterocycles. The predicted octanol–water partition coefficient (Wildman–Crippen LogP) is 3.03. The predicted molar refractivity (Wildman–Crippen MR) is 83.6 cm³/mol. The van der Waals surface area contributed by atoms with E-state index in [2.05, 4.69) is 29.4 Å². The zero-order valence-corrected chi connectivity index (χ0v) is 13.6. The molecule has 0 fully saturated rings. The van der Waals surface area contributed by atoms with Crippen molar-refractivity contribution in [2.75, 3.05) is 6.54 Å². The maximum atomic E-state index is 6.29. The van der Waals surface area contributed by atoms with Crippen LogP contribution >= 0.6 is 11.6 Å². The van der Waals surface area contributed by atoms with Crippen LogP contribution in [0.3, 0.4) is 0 Å². The highest BCUT2D eigenvalue weighted by Gasteiger charge is 2.10. The summed E-state index contributed by atoms with van der Waals surface area (Å²) in [7, 11) is 1.91. The topological polar surface area (TPSA) is 52.0 Å². The van der Waals surface area contributed by atoms with E-state index >= 15 is 0 Å². The van der Waals surface area contributed by atoms with Crippen molar-refractivity contribution < 1.29 is 4.74 Å².